The highest BCUT2D eigenvalue weighted by molar-refractivity contribution is 5.87. The number of ketones is 1. The summed E-state index contributed by atoms with van der Waals surface area (Å²) in [5.74, 6) is -1.74. The van der Waals surface area contributed by atoms with Gasteiger partial charge < -0.3 is 4.57 Å². The second kappa shape index (κ2) is 3.87. The predicted octanol–water partition coefficient (Wildman–Crippen LogP) is 2.25. The van der Waals surface area contributed by atoms with Crippen molar-refractivity contribution in [3.63, 3.8) is 0 Å². The van der Waals surface area contributed by atoms with Crippen LogP contribution in [-0.2, 0) is 18.3 Å². The highest BCUT2D eigenvalue weighted by atomic mass is 19.4. The summed E-state index contributed by atoms with van der Waals surface area (Å²) in [6.45, 7) is 0. The Kier molecular flexibility index (Phi) is 2.65. The molecule has 0 spiro atoms. The minimum Gasteiger partial charge on any atom is -0.334 e. The highest BCUT2D eigenvalue weighted by Crippen LogP contribution is 2.20. The third kappa shape index (κ3) is 2.30. The van der Waals surface area contributed by atoms with Gasteiger partial charge in [0, 0.05) is 13.5 Å². The Balaban J connectivity index is 2.29. The molecule has 6 heteroatoms. The van der Waals surface area contributed by atoms with Gasteiger partial charge in [-0.1, -0.05) is 6.07 Å². The molecule has 0 unspecified atom stereocenters. The largest absolute Gasteiger partial charge is 0.450 e. The lowest BCUT2D eigenvalue weighted by atomic mass is 10.1. The number of fused-ring (bicyclic) bond motifs is 1. The lowest BCUT2D eigenvalue weighted by Crippen LogP contribution is -2.24. The molecule has 17 heavy (non-hydrogen) atoms. The van der Waals surface area contributed by atoms with E-state index in [1.54, 1.807) is 24.0 Å². The fourth-order valence-corrected chi connectivity index (χ4v) is 1.58. The number of hydrogen-bond acceptors (Lipinski definition) is 2. The van der Waals surface area contributed by atoms with E-state index in [9.17, 15) is 18.0 Å². The molecule has 0 saturated carbocycles. The molecule has 0 radical (unpaired) electrons. The van der Waals surface area contributed by atoms with Crippen LogP contribution < -0.4 is 0 Å². The molecule has 0 aliphatic rings. The molecule has 0 fully saturated rings. The number of imidazole rings is 1. The maximum absolute atomic E-state index is 12.1. The Bertz CT molecular complexity index is 572. The summed E-state index contributed by atoms with van der Waals surface area (Å²) in [6.07, 6.45) is -3.85. The molecule has 90 valence electrons. The van der Waals surface area contributed by atoms with Gasteiger partial charge in [-0.05, 0) is 17.7 Å². The van der Waals surface area contributed by atoms with E-state index >= 15 is 0 Å². The molecule has 0 bridgehead atoms. The Morgan fingerprint density at radius 1 is 1.41 bits per heavy atom. The summed E-state index contributed by atoms with van der Waals surface area (Å²) in [5.41, 5.74) is 1.71. The molecule has 1 aromatic heterocycles. The van der Waals surface area contributed by atoms with Gasteiger partial charge in [0.25, 0.3) is 0 Å². The number of aromatic nitrogens is 2. The molecule has 1 heterocycles. The van der Waals surface area contributed by atoms with Crippen molar-refractivity contribution in [3.8, 4) is 0 Å². The summed E-state index contributed by atoms with van der Waals surface area (Å²) < 4.78 is 38.0. The average molecular weight is 242 g/mol. The smallest absolute Gasteiger partial charge is 0.334 e. The number of alkyl halides is 3. The summed E-state index contributed by atoms with van der Waals surface area (Å²) in [6, 6.07) is 4.66. The summed E-state index contributed by atoms with van der Waals surface area (Å²) in [4.78, 5) is 14.8. The Morgan fingerprint density at radius 2 is 2.12 bits per heavy atom. The van der Waals surface area contributed by atoms with Gasteiger partial charge in [0.05, 0.1) is 17.4 Å². The van der Waals surface area contributed by atoms with Gasteiger partial charge in [0.2, 0.25) is 5.78 Å². The summed E-state index contributed by atoms with van der Waals surface area (Å²) >= 11 is 0. The van der Waals surface area contributed by atoms with Crippen molar-refractivity contribution in [2.75, 3.05) is 0 Å². The Labute approximate surface area is 94.9 Å². The number of Topliss-reactive ketones (excluding diaryl/α,β-unsaturated/α-hetero) is 1. The van der Waals surface area contributed by atoms with Crippen LogP contribution in [0.4, 0.5) is 13.2 Å². The van der Waals surface area contributed by atoms with Crippen molar-refractivity contribution in [3.05, 3.63) is 30.1 Å². The standard InChI is InChI=1S/C11H9F3N2O/c1-16-6-15-8-4-7(2-3-9(8)16)5-10(17)11(12,13)14/h2-4,6H,5H2,1H3. The number of carbonyl (C=O) groups is 1. The summed E-state index contributed by atoms with van der Waals surface area (Å²) in [7, 11) is 1.79. The minimum absolute atomic E-state index is 0.318. The number of halogens is 3. The molecule has 0 amide bonds. The molecule has 0 atom stereocenters. The van der Waals surface area contributed by atoms with E-state index in [2.05, 4.69) is 4.98 Å². The predicted molar refractivity (Wildman–Crippen MR) is 55.5 cm³/mol. The Morgan fingerprint density at radius 3 is 2.76 bits per heavy atom. The van der Waals surface area contributed by atoms with Crippen LogP contribution in [0.3, 0.4) is 0 Å². The average Bonchev–Trinajstić information content (AvgIpc) is 2.59. The number of rotatable bonds is 2. The van der Waals surface area contributed by atoms with Crippen LogP contribution in [0.25, 0.3) is 11.0 Å². The van der Waals surface area contributed by atoms with E-state index < -0.39 is 18.4 Å². The van der Waals surface area contributed by atoms with Crippen molar-refractivity contribution in [2.45, 2.75) is 12.6 Å². The first kappa shape index (κ1) is 11.6. The first-order valence-corrected chi connectivity index (χ1v) is 4.88. The lowest BCUT2D eigenvalue weighted by molar-refractivity contribution is -0.170. The number of carbonyl (C=O) groups excluding carboxylic acids is 1. The number of aryl methyl sites for hydroxylation is 1. The third-order valence-electron chi connectivity index (χ3n) is 2.47. The van der Waals surface area contributed by atoms with Crippen molar-refractivity contribution < 1.29 is 18.0 Å². The van der Waals surface area contributed by atoms with E-state index in [-0.39, 0.29) is 0 Å². The van der Waals surface area contributed by atoms with Crippen LogP contribution in [0, 0.1) is 0 Å². The molecular weight excluding hydrogens is 233 g/mol. The van der Waals surface area contributed by atoms with Crippen LogP contribution in [-0.4, -0.2) is 21.5 Å². The van der Waals surface area contributed by atoms with Crippen LogP contribution in [0.1, 0.15) is 5.56 Å². The van der Waals surface area contributed by atoms with E-state index in [0.29, 0.717) is 11.1 Å². The molecule has 1 aromatic carbocycles. The van der Waals surface area contributed by atoms with Crippen LogP contribution in [0.2, 0.25) is 0 Å². The number of nitrogens with zero attached hydrogens (tertiary/aromatic N) is 2. The molecular formula is C11H9F3N2O. The monoisotopic (exact) mass is 242 g/mol. The SMILES string of the molecule is Cn1cnc2cc(CC(=O)C(F)(F)F)ccc21. The fourth-order valence-electron chi connectivity index (χ4n) is 1.58. The maximum atomic E-state index is 12.1. The van der Waals surface area contributed by atoms with Crippen molar-refractivity contribution >= 4 is 16.8 Å². The first-order chi connectivity index (χ1) is 7.88. The molecule has 2 rings (SSSR count). The quantitative estimate of drug-likeness (QED) is 0.809. The van der Waals surface area contributed by atoms with E-state index in [4.69, 9.17) is 0 Å². The van der Waals surface area contributed by atoms with Gasteiger partial charge in [-0.25, -0.2) is 4.98 Å². The minimum atomic E-state index is -4.78. The zero-order valence-electron chi connectivity index (χ0n) is 8.95. The molecule has 0 saturated heterocycles. The van der Waals surface area contributed by atoms with Crippen molar-refractivity contribution in [1.82, 2.24) is 9.55 Å². The molecule has 0 aliphatic heterocycles. The van der Waals surface area contributed by atoms with E-state index in [1.807, 2.05) is 0 Å². The zero-order chi connectivity index (χ0) is 12.6. The second-order valence-corrected chi connectivity index (χ2v) is 3.78. The zero-order valence-corrected chi connectivity index (χ0v) is 8.95. The fraction of sp³-hybridized carbons (Fsp3) is 0.273. The lowest BCUT2D eigenvalue weighted by Gasteiger charge is -2.05. The van der Waals surface area contributed by atoms with Crippen LogP contribution in [0.5, 0.6) is 0 Å². The number of hydrogen-bond donors (Lipinski definition) is 0. The van der Waals surface area contributed by atoms with Gasteiger partial charge >= 0.3 is 6.18 Å². The normalized spacial score (nSPS) is 12.0. The van der Waals surface area contributed by atoms with Gasteiger partial charge in [-0.2, -0.15) is 13.2 Å². The second-order valence-electron chi connectivity index (χ2n) is 3.78. The van der Waals surface area contributed by atoms with Gasteiger partial charge in [-0.3, -0.25) is 4.79 Å². The van der Waals surface area contributed by atoms with E-state index in [1.165, 1.54) is 12.1 Å². The van der Waals surface area contributed by atoms with Gasteiger partial charge in [-0.15, -0.1) is 0 Å². The third-order valence-corrected chi connectivity index (χ3v) is 2.47. The topological polar surface area (TPSA) is 34.9 Å². The van der Waals surface area contributed by atoms with Gasteiger partial charge in [0.1, 0.15) is 0 Å². The Hall–Kier alpha value is -1.85. The summed E-state index contributed by atoms with van der Waals surface area (Å²) in [5, 5.41) is 0. The maximum Gasteiger partial charge on any atom is 0.450 e. The molecule has 0 aliphatic carbocycles. The highest BCUT2D eigenvalue weighted by Gasteiger charge is 2.37. The van der Waals surface area contributed by atoms with Crippen molar-refractivity contribution in [2.24, 2.45) is 7.05 Å². The first-order valence-electron chi connectivity index (χ1n) is 4.88. The van der Waals surface area contributed by atoms with Crippen molar-refractivity contribution in [1.29, 1.82) is 0 Å². The molecule has 2 aromatic rings. The van der Waals surface area contributed by atoms with Crippen LogP contribution in [0.15, 0.2) is 24.5 Å². The van der Waals surface area contributed by atoms with Crippen LogP contribution >= 0.6 is 0 Å². The van der Waals surface area contributed by atoms with E-state index in [0.717, 1.165) is 5.52 Å². The molecule has 3 nitrogen and oxygen atoms in total. The molecule has 0 N–H and O–H groups in total. The number of benzene rings is 1. The van der Waals surface area contributed by atoms with Gasteiger partial charge in [0.15, 0.2) is 0 Å².